The molecule has 1 heterocycles. The molecule has 148 valence electrons. The number of nitrogens with one attached hydrogen (secondary N) is 3. The van der Waals surface area contributed by atoms with Crippen LogP contribution in [-0.4, -0.2) is 40.5 Å². The highest BCUT2D eigenvalue weighted by molar-refractivity contribution is 14.0. The summed E-state index contributed by atoms with van der Waals surface area (Å²) in [6.45, 7) is 6.23. The first-order chi connectivity index (χ1) is 12.3. The smallest absolute Gasteiger partial charge is 0.239 e. The molecule has 0 fully saturated rings. The molecule has 1 aromatic heterocycles. The van der Waals surface area contributed by atoms with Crippen molar-refractivity contribution >= 4 is 35.8 Å². The van der Waals surface area contributed by atoms with Crippen molar-refractivity contribution in [3.05, 3.63) is 48.3 Å². The van der Waals surface area contributed by atoms with Crippen molar-refractivity contribution < 1.29 is 9.18 Å². The molecule has 1 aromatic carbocycles. The molecule has 2 rings (SSSR count). The Morgan fingerprint density at radius 3 is 2.59 bits per heavy atom. The van der Waals surface area contributed by atoms with E-state index in [9.17, 15) is 9.18 Å². The van der Waals surface area contributed by atoms with Crippen molar-refractivity contribution in [3.8, 4) is 5.69 Å². The van der Waals surface area contributed by atoms with Gasteiger partial charge < -0.3 is 20.5 Å². The Hall–Kier alpha value is -2.17. The Bertz CT molecular complexity index is 771. The van der Waals surface area contributed by atoms with Crippen LogP contribution in [0.1, 0.15) is 26.3 Å². The average molecular weight is 488 g/mol. The minimum absolute atomic E-state index is 0. The number of amides is 1. The molecule has 0 aliphatic heterocycles. The number of benzene rings is 1. The molecule has 3 N–H and O–H groups in total. The van der Waals surface area contributed by atoms with Gasteiger partial charge in [0.05, 0.1) is 18.6 Å². The molecule has 7 nitrogen and oxygen atoms in total. The fourth-order valence-electron chi connectivity index (χ4n) is 2.30. The first-order valence-electron chi connectivity index (χ1n) is 8.31. The number of imidazole rings is 1. The van der Waals surface area contributed by atoms with E-state index in [0.717, 1.165) is 5.56 Å². The zero-order valence-corrected chi connectivity index (χ0v) is 18.2. The number of nitrogens with zero attached hydrogens (tertiary/aromatic N) is 3. The lowest BCUT2D eigenvalue weighted by atomic mass is 10.1. The Kier molecular flexibility index (Phi) is 8.67. The summed E-state index contributed by atoms with van der Waals surface area (Å²) in [5, 5.41) is 8.85. The van der Waals surface area contributed by atoms with E-state index in [1.54, 1.807) is 36.4 Å². The van der Waals surface area contributed by atoms with E-state index >= 15 is 0 Å². The van der Waals surface area contributed by atoms with Gasteiger partial charge in [-0.1, -0.05) is 6.07 Å². The molecule has 27 heavy (non-hydrogen) atoms. The lowest BCUT2D eigenvalue weighted by Gasteiger charge is -2.21. The highest BCUT2D eigenvalue weighted by Gasteiger charge is 2.13. The molecule has 0 unspecified atom stereocenters. The van der Waals surface area contributed by atoms with Crippen LogP contribution in [0.2, 0.25) is 0 Å². The van der Waals surface area contributed by atoms with E-state index in [1.165, 1.54) is 6.07 Å². The quantitative estimate of drug-likeness (QED) is 0.343. The van der Waals surface area contributed by atoms with Crippen LogP contribution >= 0.6 is 24.0 Å². The third kappa shape index (κ3) is 7.53. The van der Waals surface area contributed by atoms with Gasteiger partial charge in [0.2, 0.25) is 5.91 Å². The van der Waals surface area contributed by atoms with Crippen molar-refractivity contribution in [3.63, 3.8) is 0 Å². The first-order valence-corrected chi connectivity index (χ1v) is 8.31. The maximum absolute atomic E-state index is 14.3. The molecule has 9 heteroatoms. The van der Waals surface area contributed by atoms with E-state index in [2.05, 4.69) is 25.9 Å². The van der Waals surface area contributed by atoms with Gasteiger partial charge in [-0.2, -0.15) is 0 Å². The summed E-state index contributed by atoms with van der Waals surface area (Å²) >= 11 is 0. The molecule has 0 radical (unpaired) electrons. The van der Waals surface area contributed by atoms with Gasteiger partial charge in [-0.05, 0) is 38.5 Å². The second-order valence-corrected chi connectivity index (χ2v) is 6.83. The topological polar surface area (TPSA) is 83.3 Å². The fraction of sp³-hybridized carbons (Fsp3) is 0.389. The second-order valence-electron chi connectivity index (χ2n) is 6.83. The predicted octanol–water partition coefficient (Wildman–Crippen LogP) is 2.21. The number of hydrogen-bond acceptors (Lipinski definition) is 3. The molecule has 0 saturated heterocycles. The first kappa shape index (κ1) is 22.9. The molecule has 0 aliphatic rings. The summed E-state index contributed by atoms with van der Waals surface area (Å²) in [5.41, 5.74) is 0.908. The van der Waals surface area contributed by atoms with Crippen molar-refractivity contribution in [2.24, 2.45) is 4.99 Å². The van der Waals surface area contributed by atoms with E-state index in [0.29, 0.717) is 18.2 Å². The van der Waals surface area contributed by atoms with Gasteiger partial charge in [0.15, 0.2) is 5.96 Å². The highest BCUT2D eigenvalue weighted by atomic mass is 127. The van der Waals surface area contributed by atoms with Crippen LogP contribution in [0.25, 0.3) is 5.69 Å². The van der Waals surface area contributed by atoms with Gasteiger partial charge in [0.1, 0.15) is 5.82 Å². The Morgan fingerprint density at radius 1 is 1.30 bits per heavy atom. The fourth-order valence-corrected chi connectivity index (χ4v) is 2.30. The number of guanidine groups is 1. The summed E-state index contributed by atoms with van der Waals surface area (Å²) in [5.74, 6) is -0.000802. The number of aromatic nitrogens is 2. The standard InChI is InChI=1S/C18H25FN6O.HI/c1-18(2,3)24-16(26)11-23-17(20-4)22-10-13-5-6-15(14(19)9-13)25-8-7-21-12-25;/h5-9,12H,10-11H2,1-4H3,(H,24,26)(H2,20,22,23);1H. The van der Waals surface area contributed by atoms with Crippen LogP contribution in [0.4, 0.5) is 4.39 Å². The summed E-state index contributed by atoms with van der Waals surface area (Å²) in [6, 6.07) is 4.98. The lowest BCUT2D eigenvalue weighted by Crippen LogP contribution is -2.48. The zero-order chi connectivity index (χ0) is 19.2. The molecular weight excluding hydrogens is 462 g/mol. The van der Waals surface area contributed by atoms with Gasteiger partial charge >= 0.3 is 0 Å². The number of carbonyl (C=O) groups is 1. The highest BCUT2D eigenvalue weighted by Crippen LogP contribution is 2.14. The van der Waals surface area contributed by atoms with E-state index < -0.39 is 0 Å². The maximum Gasteiger partial charge on any atom is 0.239 e. The number of carbonyl (C=O) groups excluding carboxylic acids is 1. The van der Waals surface area contributed by atoms with E-state index in [1.807, 2.05) is 26.8 Å². The molecule has 0 aliphatic carbocycles. The van der Waals surface area contributed by atoms with Crippen molar-refractivity contribution in [1.82, 2.24) is 25.5 Å². The van der Waals surface area contributed by atoms with Crippen LogP contribution < -0.4 is 16.0 Å². The minimum Gasteiger partial charge on any atom is -0.352 e. The maximum atomic E-state index is 14.3. The van der Waals surface area contributed by atoms with Gasteiger partial charge in [0, 0.05) is 31.5 Å². The van der Waals surface area contributed by atoms with Crippen molar-refractivity contribution in [2.45, 2.75) is 32.9 Å². The number of aliphatic imine (C=N–C) groups is 1. The summed E-state index contributed by atoms with van der Waals surface area (Å²) in [7, 11) is 1.61. The summed E-state index contributed by atoms with van der Waals surface area (Å²) in [6.07, 6.45) is 4.83. The minimum atomic E-state index is -0.338. The molecule has 0 saturated carbocycles. The van der Waals surface area contributed by atoms with Gasteiger partial charge in [0.25, 0.3) is 0 Å². The summed E-state index contributed by atoms with van der Waals surface area (Å²) in [4.78, 5) is 19.8. The molecule has 0 spiro atoms. The average Bonchev–Trinajstić information content (AvgIpc) is 3.07. The van der Waals surface area contributed by atoms with E-state index in [-0.39, 0.29) is 47.8 Å². The predicted molar refractivity (Wildman–Crippen MR) is 115 cm³/mol. The molecule has 0 bridgehead atoms. The number of hydrogen-bond donors (Lipinski definition) is 3. The molecule has 0 atom stereocenters. The van der Waals surface area contributed by atoms with Gasteiger partial charge in [-0.15, -0.1) is 24.0 Å². The number of rotatable bonds is 5. The SMILES string of the molecule is CN=C(NCC(=O)NC(C)(C)C)NCc1ccc(-n2ccnc2)c(F)c1.I. The van der Waals surface area contributed by atoms with E-state index in [4.69, 9.17) is 0 Å². The monoisotopic (exact) mass is 488 g/mol. The van der Waals surface area contributed by atoms with Crippen LogP contribution in [0.5, 0.6) is 0 Å². The van der Waals surface area contributed by atoms with Crippen LogP contribution in [-0.2, 0) is 11.3 Å². The van der Waals surface area contributed by atoms with Crippen LogP contribution in [0.15, 0.2) is 41.9 Å². The summed E-state index contributed by atoms with van der Waals surface area (Å²) < 4.78 is 15.9. The van der Waals surface area contributed by atoms with Crippen LogP contribution in [0.3, 0.4) is 0 Å². The molecular formula is C18H26FIN6O. The lowest BCUT2D eigenvalue weighted by molar-refractivity contribution is -0.121. The molecule has 2 aromatic rings. The Balaban J connectivity index is 0.00000364. The second kappa shape index (κ2) is 10.2. The molecule has 1 amide bonds. The normalized spacial score (nSPS) is 11.5. The third-order valence-electron chi connectivity index (χ3n) is 3.41. The van der Waals surface area contributed by atoms with Crippen molar-refractivity contribution in [2.75, 3.05) is 13.6 Å². The Labute approximate surface area is 175 Å². The zero-order valence-electron chi connectivity index (χ0n) is 15.9. The largest absolute Gasteiger partial charge is 0.352 e. The third-order valence-corrected chi connectivity index (χ3v) is 3.41. The van der Waals surface area contributed by atoms with Crippen LogP contribution in [0, 0.1) is 5.82 Å². The van der Waals surface area contributed by atoms with Gasteiger partial charge in [-0.25, -0.2) is 9.37 Å². The Morgan fingerprint density at radius 2 is 2.04 bits per heavy atom. The van der Waals surface area contributed by atoms with Crippen molar-refractivity contribution in [1.29, 1.82) is 0 Å². The number of halogens is 2. The van der Waals surface area contributed by atoms with Gasteiger partial charge in [-0.3, -0.25) is 9.79 Å².